The first kappa shape index (κ1) is 23.4. The molecule has 1 amide bonds. The Morgan fingerprint density at radius 2 is 1.65 bits per heavy atom. The van der Waals surface area contributed by atoms with Gasteiger partial charge >= 0.3 is 0 Å². The summed E-state index contributed by atoms with van der Waals surface area (Å²) in [5.74, 6) is 1.26. The van der Waals surface area contributed by atoms with Gasteiger partial charge in [-0.1, -0.05) is 17.7 Å². The van der Waals surface area contributed by atoms with Gasteiger partial charge in [0.2, 0.25) is 16.8 Å². The van der Waals surface area contributed by atoms with Gasteiger partial charge in [0.1, 0.15) is 0 Å². The Labute approximate surface area is 203 Å². The number of sulfonamides is 1. The van der Waals surface area contributed by atoms with E-state index < -0.39 is 10.0 Å². The lowest BCUT2D eigenvalue weighted by molar-refractivity contribution is 0.0628. The number of halogens is 1. The summed E-state index contributed by atoms with van der Waals surface area (Å²) in [5.41, 5.74) is 1.33. The van der Waals surface area contributed by atoms with Gasteiger partial charge in [-0.25, -0.2) is 8.42 Å². The van der Waals surface area contributed by atoms with Gasteiger partial charge in [0.05, 0.1) is 28.7 Å². The van der Waals surface area contributed by atoms with Gasteiger partial charge in [0, 0.05) is 45.8 Å². The Balaban J connectivity index is 1.24. The Hall–Kier alpha value is -2.37. The molecule has 0 N–H and O–H groups in total. The van der Waals surface area contributed by atoms with E-state index in [1.54, 1.807) is 4.90 Å². The van der Waals surface area contributed by atoms with Gasteiger partial charge in [0.15, 0.2) is 11.5 Å². The van der Waals surface area contributed by atoms with Crippen LogP contribution in [0.5, 0.6) is 11.5 Å². The van der Waals surface area contributed by atoms with E-state index in [0.717, 1.165) is 23.6 Å². The minimum Gasteiger partial charge on any atom is -0.454 e. The third-order valence-electron chi connectivity index (χ3n) is 6.28. The Morgan fingerprint density at radius 1 is 0.912 bits per heavy atom. The van der Waals surface area contributed by atoms with Gasteiger partial charge in [-0.3, -0.25) is 9.69 Å². The maximum atomic E-state index is 13.2. The van der Waals surface area contributed by atoms with Gasteiger partial charge in [-0.05, 0) is 35.9 Å². The molecule has 0 saturated carbocycles. The first-order valence-corrected chi connectivity index (χ1v) is 13.0. The molecule has 182 valence electrons. The minimum atomic E-state index is -3.72. The summed E-state index contributed by atoms with van der Waals surface area (Å²) < 4.78 is 43.5. The maximum Gasteiger partial charge on any atom is 0.255 e. The average Bonchev–Trinajstić information content (AvgIpc) is 3.33. The van der Waals surface area contributed by atoms with E-state index in [4.69, 9.17) is 25.8 Å². The number of morpholine rings is 1. The quantitative estimate of drug-likeness (QED) is 0.612. The monoisotopic (exact) mass is 507 g/mol. The van der Waals surface area contributed by atoms with Crippen LogP contribution in [-0.4, -0.2) is 87.7 Å². The molecule has 2 aromatic carbocycles. The van der Waals surface area contributed by atoms with Crippen LogP contribution in [0.3, 0.4) is 0 Å². The number of ether oxygens (including phenoxy) is 3. The van der Waals surface area contributed by atoms with Crippen LogP contribution in [-0.2, 0) is 21.3 Å². The predicted octanol–water partition coefficient (Wildman–Crippen LogP) is 2.05. The van der Waals surface area contributed by atoms with Crippen molar-refractivity contribution < 1.29 is 27.4 Å². The Kier molecular flexibility index (Phi) is 6.67. The van der Waals surface area contributed by atoms with Crippen LogP contribution in [0.15, 0.2) is 41.3 Å². The molecule has 5 rings (SSSR count). The van der Waals surface area contributed by atoms with Crippen molar-refractivity contribution in [3.05, 3.63) is 52.5 Å². The molecular weight excluding hydrogens is 482 g/mol. The fourth-order valence-electron chi connectivity index (χ4n) is 4.34. The molecule has 3 aliphatic rings. The van der Waals surface area contributed by atoms with E-state index in [1.807, 2.05) is 18.2 Å². The van der Waals surface area contributed by atoms with Gasteiger partial charge in [-0.15, -0.1) is 0 Å². The van der Waals surface area contributed by atoms with Gasteiger partial charge in [-0.2, -0.15) is 4.31 Å². The number of rotatable bonds is 5. The second-order valence-corrected chi connectivity index (χ2v) is 10.8. The summed E-state index contributed by atoms with van der Waals surface area (Å²) in [6.45, 7) is 4.74. The third-order valence-corrected chi connectivity index (χ3v) is 8.50. The van der Waals surface area contributed by atoms with Gasteiger partial charge in [0.25, 0.3) is 5.91 Å². The van der Waals surface area contributed by atoms with Crippen molar-refractivity contribution >= 4 is 27.5 Å². The fourth-order valence-corrected chi connectivity index (χ4v) is 5.97. The molecule has 3 heterocycles. The zero-order chi connectivity index (χ0) is 23.7. The molecule has 0 aromatic heterocycles. The number of hydrogen-bond acceptors (Lipinski definition) is 7. The van der Waals surface area contributed by atoms with E-state index >= 15 is 0 Å². The zero-order valence-corrected chi connectivity index (χ0v) is 20.2. The first-order valence-electron chi connectivity index (χ1n) is 11.2. The predicted molar refractivity (Wildman–Crippen MR) is 125 cm³/mol. The lowest BCUT2D eigenvalue weighted by atomic mass is 10.1. The van der Waals surface area contributed by atoms with E-state index in [1.165, 1.54) is 22.5 Å². The maximum absolute atomic E-state index is 13.2. The number of amides is 1. The van der Waals surface area contributed by atoms with Crippen molar-refractivity contribution in [1.82, 2.24) is 14.1 Å². The number of fused-ring (bicyclic) bond motifs is 1. The molecule has 0 bridgehead atoms. The standard InChI is InChI=1S/C23H26ClN3O6S/c24-20-3-2-18(34(29,30)27-9-11-31-12-10-27)14-19(20)23(28)26-7-5-25(6-8-26)15-17-1-4-21-22(13-17)33-16-32-21/h1-4,13-14H,5-12,15-16H2. The normalized spacial score (nSPS) is 19.4. The van der Waals surface area contributed by atoms with E-state index in [2.05, 4.69) is 4.90 Å². The van der Waals surface area contributed by atoms with Crippen molar-refractivity contribution in [2.45, 2.75) is 11.4 Å². The number of nitrogens with zero attached hydrogens (tertiary/aromatic N) is 3. The van der Waals surface area contributed by atoms with Crippen LogP contribution in [0.1, 0.15) is 15.9 Å². The van der Waals surface area contributed by atoms with Crippen molar-refractivity contribution in [3.8, 4) is 11.5 Å². The van der Waals surface area contributed by atoms with Crippen molar-refractivity contribution in [2.24, 2.45) is 0 Å². The van der Waals surface area contributed by atoms with Crippen LogP contribution in [0.4, 0.5) is 0 Å². The van der Waals surface area contributed by atoms with Crippen LogP contribution >= 0.6 is 11.6 Å². The van der Waals surface area contributed by atoms with Crippen LogP contribution in [0, 0.1) is 0 Å². The van der Waals surface area contributed by atoms with Crippen molar-refractivity contribution in [2.75, 3.05) is 59.3 Å². The highest BCUT2D eigenvalue weighted by atomic mass is 35.5. The lowest BCUT2D eigenvalue weighted by Gasteiger charge is -2.35. The van der Waals surface area contributed by atoms with Crippen molar-refractivity contribution in [3.63, 3.8) is 0 Å². The highest BCUT2D eigenvalue weighted by Gasteiger charge is 2.29. The fraction of sp³-hybridized carbons (Fsp3) is 0.435. The summed E-state index contributed by atoms with van der Waals surface area (Å²) in [4.78, 5) is 17.3. The summed E-state index contributed by atoms with van der Waals surface area (Å²) in [6.07, 6.45) is 0. The highest BCUT2D eigenvalue weighted by Crippen LogP contribution is 2.33. The number of carbonyl (C=O) groups excluding carboxylic acids is 1. The molecule has 0 unspecified atom stereocenters. The van der Waals surface area contributed by atoms with Gasteiger partial charge < -0.3 is 19.1 Å². The summed E-state index contributed by atoms with van der Waals surface area (Å²) >= 11 is 6.32. The topological polar surface area (TPSA) is 88.6 Å². The lowest BCUT2D eigenvalue weighted by Crippen LogP contribution is -2.48. The van der Waals surface area contributed by atoms with E-state index in [-0.39, 0.29) is 28.2 Å². The molecule has 2 fully saturated rings. The Bertz CT molecular complexity index is 1180. The molecule has 9 nitrogen and oxygen atoms in total. The Morgan fingerprint density at radius 3 is 2.41 bits per heavy atom. The van der Waals surface area contributed by atoms with E-state index in [0.29, 0.717) is 52.5 Å². The van der Waals surface area contributed by atoms with Crippen LogP contribution in [0.2, 0.25) is 5.02 Å². The largest absolute Gasteiger partial charge is 0.454 e. The van der Waals surface area contributed by atoms with Crippen molar-refractivity contribution in [1.29, 1.82) is 0 Å². The molecule has 0 aliphatic carbocycles. The first-order chi connectivity index (χ1) is 16.4. The molecular formula is C23H26ClN3O6S. The van der Waals surface area contributed by atoms with E-state index in [9.17, 15) is 13.2 Å². The highest BCUT2D eigenvalue weighted by molar-refractivity contribution is 7.89. The summed E-state index contributed by atoms with van der Waals surface area (Å²) in [7, 11) is -3.72. The average molecular weight is 508 g/mol. The second-order valence-electron chi connectivity index (χ2n) is 8.41. The second kappa shape index (κ2) is 9.71. The zero-order valence-electron chi connectivity index (χ0n) is 18.6. The molecule has 0 spiro atoms. The molecule has 11 heteroatoms. The minimum absolute atomic E-state index is 0.0728. The molecule has 0 atom stereocenters. The third kappa shape index (κ3) is 4.73. The van der Waals surface area contributed by atoms with Crippen LogP contribution in [0.25, 0.3) is 0 Å². The molecule has 3 aliphatic heterocycles. The summed E-state index contributed by atoms with van der Waals surface area (Å²) in [6, 6.07) is 10.3. The number of hydrogen-bond donors (Lipinski definition) is 0. The SMILES string of the molecule is O=C(c1cc(S(=O)(=O)N2CCOCC2)ccc1Cl)N1CCN(Cc2ccc3c(c2)OCO3)CC1. The van der Waals surface area contributed by atoms with Crippen LogP contribution < -0.4 is 9.47 Å². The number of carbonyl (C=O) groups is 1. The number of benzene rings is 2. The molecule has 0 radical (unpaired) electrons. The molecule has 2 aromatic rings. The number of piperazine rings is 1. The molecule has 2 saturated heterocycles. The smallest absolute Gasteiger partial charge is 0.255 e. The summed E-state index contributed by atoms with van der Waals surface area (Å²) in [5, 5.41) is 0.244. The molecule has 34 heavy (non-hydrogen) atoms.